The minimum Gasteiger partial charge on any atom is -0.486 e. The number of halogens is 1. The summed E-state index contributed by atoms with van der Waals surface area (Å²) in [7, 11) is -4.02. The van der Waals surface area contributed by atoms with Gasteiger partial charge < -0.3 is 18.9 Å². The minimum absolute atomic E-state index is 0.0557. The van der Waals surface area contributed by atoms with Gasteiger partial charge in [-0.15, -0.1) is 0 Å². The first-order valence-electron chi connectivity index (χ1n) is 10.6. The van der Waals surface area contributed by atoms with Gasteiger partial charge in [-0.1, -0.05) is 17.7 Å². The number of benzene rings is 2. The number of nitrogens with one attached hydrogen (secondary N) is 1. The van der Waals surface area contributed by atoms with E-state index in [2.05, 4.69) is 4.98 Å². The highest BCUT2D eigenvalue weighted by Gasteiger charge is 2.28. The number of pyridine rings is 1. The highest BCUT2D eigenvalue weighted by atomic mass is 35.5. The summed E-state index contributed by atoms with van der Waals surface area (Å²) in [5, 5.41) is 1.01. The van der Waals surface area contributed by atoms with Crippen molar-refractivity contribution in [3.63, 3.8) is 0 Å². The van der Waals surface area contributed by atoms with Crippen LogP contribution in [0.3, 0.4) is 0 Å². The van der Waals surface area contributed by atoms with Crippen molar-refractivity contribution in [2.45, 2.75) is 24.9 Å². The van der Waals surface area contributed by atoms with Gasteiger partial charge in [-0.05, 0) is 48.9 Å². The number of aryl methyl sites for hydroxylation is 1. The van der Waals surface area contributed by atoms with Gasteiger partial charge in [-0.3, -0.25) is 4.79 Å². The molecule has 3 heterocycles. The van der Waals surface area contributed by atoms with E-state index in [9.17, 15) is 13.2 Å². The summed E-state index contributed by atoms with van der Waals surface area (Å²) in [6.45, 7) is 2.34. The molecule has 8 nitrogen and oxygen atoms in total. The number of fused-ring (bicyclic) bond motifs is 2. The predicted molar refractivity (Wildman–Crippen MR) is 127 cm³/mol. The molecular weight excluding hydrogens is 480 g/mol. The Morgan fingerprint density at radius 1 is 1.03 bits per heavy atom. The summed E-state index contributed by atoms with van der Waals surface area (Å²) in [5.41, 5.74) is 1.000. The maximum absolute atomic E-state index is 13.7. The highest BCUT2D eigenvalue weighted by molar-refractivity contribution is 7.89. The van der Waals surface area contributed by atoms with E-state index in [1.54, 1.807) is 49.4 Å². The lowest BCUT2D eigenvalue weighted by molar-refractivity contribution is 0.172. The number of ether oxygens (including phenoxy) is 2. The van der Waals surface area contributed by atoms with Crippen LogP contribution in [0.15, 0.2) is 68.9 Å². The summed E-state index contributed by atoms with van der Waals surface area (Å²) >= 11 is 6.10. The van der Waals surface area contributed by atoms with Crippen LogP contribution >= 0.6 is 11.6 Å². The Hall–Kier alpha value is -3.27. The van der Waals surface area contributed by atoms with Crippen LogP contribution in [0.4, 0.5) is 0 Å². The van der Waals surface area contributed by atoms with Gasteiger partial charge in [0.05, 0.1) is 23.2 Å². The fourth-order valence-electron chi connectivity index (χ4n) is 3.89. The zero-order valence-corrected chi connectivity index (χ0v) is 19.8. The van der Waals surface area contributed by atoms with Crippen molar-refractivity contribution in [1.82, 2.24) is 9.29 Å². The second-order valence-corrected chi connectivity index (χ2v) is 10.3. The van der Waals surface area contributed by atoms with Crippen LogP contribution < -0.4 is 15.0 Å². The van der Waals surface area contributed by atoms with Crippen LogP contribution in [-0.2, 0) is 23.1 Å². The topological polar surface area (TPSA) is 102 Å². The van der Waals surface area contributed by atoms with Crippen LogP contribution in [0, 0.1) is 6.92 Å². The fourth-order valence-corrected chi connectivity index (χ4v) is 5.76. The summed E-state index contributed by atoms with van der Waals surface area (Å²) < 4.78 is 45.2. The third kappa shape index (κ3) is 4.29. The first-order valence-corrected chi connectivity index (χ1v) is 12.4. The molecule has 176 valence electrons. The number of aromatic nitrogens is 1. The lowest BCUT2D eigenvalue weighted by atomic mass is 10.1. The predicted octanol–water partition coefficient (Wildman–Crippen LogP) is 4.25. The molecule has 0 fully saturated rings. The molecule has 0 saturated heterocycles. The molecule has 0 spiro atoms. The molecular formula is C24H21ClN2O6S. The molecule has 0 unspecified atom stereocenters. The zero-order valence-electron chi connectivity index (χ0n) is 18.2. The molecule has 10 heteroatoms. The van der Waals surface area contributed by atoms with E-state index in [1.165, 1.54) is 16.6 Å². The second kappa shape index (κ2) is 8.83. The molecule has 5 rings (SSSR count). The molecule has 34 heavy (non-hydrogen) atoms. The van der Waals surface area contributed by atoms with Gasteiger partial charge in [0.2, 0.25) is 10.0 Å². The van der Waals surface area contributed by atoms with Crippen LogP contribution in [-0.4, -0.2) is 30.9 Å². The third-order valence-electron chi connectivity index (χ3n) is 5.61. The average molecular weight is 501 g/mol. The van der Waals surface area contributed by atoms with Gasteiger partial charge >= 0.3 is 0 Å². The maximum Gasteiger partial charge on any atom is 0.252 e. The third-order valence-corrected chi connectivity index (χ3v) is 7.78. The Morgan fingerprint density at radius 3 is 2.53 bits per heavy atom. The number of rotatable bonds is 6. The first kappa shape index (κ1) is 22.5. The number of aromatic amines is 1. The standard InChI is InChI=1S/C24H21ClN2O6S/c1-15-4-5-18(25)11-23(15)34(29,30)27(14-19-3-2-6-31-19)13-17-9-16-10-21-22(33-8-7-32-21)12-20(16)26-24(17)28/h2-6,9-12H,7-8,13-14H2,1H3,(H,26,28). The summed E-state index contributed by atoms with van der Waals surface area (Å²) in [4.78, 5) is 15.8. The van der Waals surface area contributed by atoms with Gasteiger partial charge in [0.25, 0.3) is 5.56 Å². The number of furan rings is 1. The molecule has 2 aromatic heterocycles. The number of H-pyrrole nitrogens is 1. The van der Waals surface area contributed by atoms with Crippen molar-refractivity contribution in [3.8, 4) is 11.5 Å². The molecule has 2 aromatic carbocycles. The van der Waals surface area contributed by atoms with Gasteiger partial charge in [0.15, 0.2) is 11.5 Å². The molecule has 4 aromatic rings. The largest absolute Gasteiger partial charge is 0.486 e. The van der Waals surface area contributed by atoms with Gasteiger partial charge in [0.1, 0.15) is 19.0 Å². The van der Waals surface area contributed by atoms with Gasteiger partial charge in [-0.25, -0.2) is 8.42 Å². The van der Waals surface area contributed by atoms with E-state index in [1.807, 2.05) is 0 Å². The molecule has 0 bridgehead atoms. The van der Waals surface area contributed by atoms with Crippen molar-refractivity contribution in [2.24, 2.45) is 0 Å². The Balaban J connectivity index is 1.58. The Labute approximate surface area is 200 Å². The first-order chi connectivity index (χ1) is 16.3. The van der Waals surface area contributed by atoms with Crippen molar-refractivity contribution in [2.75, 3.05) is 13.2 Å². The molecule has 1 aliphatic rings. The van der Waals surface area contributed by atoms with Crippen LogP contribution in [0.25, 0.3) is 10.9 Å². The number of sulfonamides is 1. The molecule has 0 amide bonds. The molecule has 1 aliphatic heterocycles. The van der Waals surface area contributed by atoms with Crippen molar-refractivity contribution < 1.29 is 22.3 Å². The summed E-state index contributed by atoms with van der Waals surface area (Å²) in [6.07, 6.45) is 1.47. The Morgan fingerprint density at radius 2 is 1.79 bits per heavy atom. The van der Waals surface area contributed by atoms with Crippen LogP contribution in [0.5, 0.6) is 11.5 Å². The van der Waals surface area contributed by atoms with Crippen LogP contribution in [0.2, 0.25) is 5.02 Å². The van der Waals surface area contributed by atoms with Crippen molar-refractivity contribution in [1.29, 1.82) is 0 Å². The Bertz CT molecular complexity index is 1530. The van der Waals surface area contributed by atoms with E-state index >= 15 is 0 Å². The smallest absolute Gasteiger partial charge is 0.252 e. The minimum atomic E-state index is -4.02. The van der Waals surface area contributed by atoms with Crippen LogP contribution in [0.1, 0.15) is 16.9 Å². The highest BCUT2D eigenvalue weighted by Crippen LogP contribution is 2.34. The average Bonchev–Trinajstić information content (AvgIpc) is 3.32. The van der Waals surface area contributed by atoms with Gasteiger partial charge in [-0.2, -0.15) is 4.31 Å². The summed E-state index contributed by atoms with van der Waals surface area (Å²) in [6, 6.07) is 13.2. The summed E-state index contributed by atoms with van der Waals surface area (Å²) in [5.74, 6) is 1.58. The van der Waals surface area contributed by atoms with E-state index in [0.29, 0.717) is 52.0 Å². The fraction of sp³-hybridized carbons (Fsp3) is 0.208. The maximum atomic E-state index is 13.7. The zero-order chi connectivity index (χ0) is 23.9. The van der Waals surface area contributed by atoms with E-state index in [4.69, 9.17) is 25.5 Å². The number of nitrogens with zero attached hydrogens (tertiary/aromatic N) is 1. The number of hydrogen-bond acceptors (Lipinski definition) is 6. The lowest BCUT2D eigenvalue weighted by Crippen LogP contribution is -2.33. The second-order valence-electron chi connectivity index (χ2n) is 7.97. The normalized spacial score (nSPS) is 13.5. The SMILES string of the molecule is Cc1ccc(Cl)cc1S(=O)(=O)N(Cc1ccco1)Cc1cc2cc3c(cc2[nH]c1=O)OCCO3. The number of hydrogen-bond donors (Lipinski definition) is 1. The van der Waals surface area contributed by atoms with Crippen molar-refractivity contribution >= 4 is 32.5 Å². The monoisotopic (exact) mass is 500 g/mol. The quantitative estimate of drug-likeness (QED) is 0.425. The molecule has 0 radical (unpaired) electrons. The van der Waals surface area contributed by atoms with E-state index < -0.39 is 15.6 Å². The van der Waals surface area contributed by atoms with E-state index in [-0.39, 0.29) is 23.5 Å². The Kier molecular flexibility index (Phi) is 5.85. The van der Waals surface area contributed by atoms with E-state index in [0.717, 1.165) is 0 Å². The van der Waals surface area contributed by atoms with Gasteiger partial charge in [0, 0.05) is 28.6 Å². The molecule has 0 saturated carbocycles. The lowest BCUT2D eigenvalue weighted by Gasteiger charge is -2.23. The van der Waals surface area contributed by atoms with Crippen molar-refractivity contribution in [3.05, 3.63) is 87.1 Å². The molecule has 0 atom stereocenters. The molecule has 0 aliphatic carbocycles. The molecule has 1 N–H and O–H groups in total.